The Labute approximate surface area is 110 Å². The molecule has 98 valence electrons. The number of aryl methyl sites for hydroxylation is 2. The van der Waals surface area contributed by atoms with Crippen LogP contribution in [0, 0.1) is 6.92 Å². The predicted molar refractivity (Wildman–Crippen MR) is 71.1 cm³/mol. The van der Waals surface area contributed by atoms with Gasteiger partial charge in [0.2, 0.25) is 5.91 Å². The zero-order valence-electron chi connectivity index (χ0n) is 10.6. The molecule has 5 heteroatoms. The Balaban J connectivity index is 1.83. The first-order chi connectivity index (χ1) is 9.15. The Bertz CT molecular complexity index is 633. The third-order valence-corrected chi connectivity index (χ3v) is 3.50. The molecule has 19 heavy (non-hydrogen) atoms. The van der Waals surface area contributed by atoms with E-state index in [9.17, 15) is 9.90 Å². The van der Waals surface area contributed by atoms with Crippen molar-refractivity contribution in [2.24, 2.45) is 0 Å². The van der Waals surface area contributed by atoms with Gasteiger partial charge in [-0.3, -0.25) is 9.89 Å². The van der Waals surface area contributed by atoms with Crippen molar-refractivity contribution in [1.82, 2.24) is 10.2 Å². The number of phenolic OH excluding ortho intramolecular Hbond substituents is 1. The topological polar surface area (TPSA) is 78.0 Å². The molecule has 1 unspecified atom stereocenters. The van der Waals surface area contributed by atoms with Crippen LogP contribution in [0.15, 0.2) is 24.3 Å². The number of nitrogens with one attached hydrogen (secondary N) is 2. The highest BCUT2D eigenvalue weighted by molar-refractivity contribution is 5.96. The molecule has 1 aliphatic rings. The number of aromatic amines is 1. The summed E-state index contributed by atoms with van der Waals surface area (Å²) in [6.45, 7) is 1.87. The van der Waals surface area contributed by atoms with E-state index in [4.69, 9.17) is 0 Å². The molecular formula is C14H15N3O2. The lowest BCUT2D eigenvalue weighted by Gasteiger charge is -2.12. The van der Waals surface area contributed by atoms with Gasteiger partial charge in [-0.25, -0.2) is 0 Å². The van der Waals surface area contributed by atoms with Crippen LogP contribution in [0.5, 0.6) is 5.75 Å². The second kappa shape index (κ2) is 4.42. The van der Waals surface area contributed by atoms with E-state index in [2.05, 4.69) is 15.5 Å². The van der Waals surface area contributed by atoms with Gasteiger partial charge in [0.05, 0.1) is 5.92 Å². The minimum Gasteiger partial charge on any atom is -0.508 e. The molecular weight excluding hydrogens is 242 g/mol. The van der Waals surface area contributed by atoms with Crippen LogP contribution in [-0.2, 0) is 11.2 Å². The average Bonchev–Trinajstić information content (AvgIpc) is 2.96. The summed E-state index contributed by atoms with van der Waals surface area (Å²) in [6.07, 6.45) is 1.55. The number of phenols is 1. The van der Waals surface area contributed by atoms with Gasteiger partial charge >= 0.3 is 0 Å². The Morgan fingerprint density at radius 1 is 1.53 bits per heavy atom. The fourth-order valence-electron chi connectivity index (χ4n) is 2.62. The number of fused-ring (bicyclic) bond motifs is 1. The number of hydrogen-bond donors (Lipinski definition) is 3. The SMILES string of the molecule is Cc1cc(NC(=O)C2CCc3cccc(O)c32)n[nH]1. The molecule has 1 aromatic carbocycles. The molecule has 1 aromatic heterocycles. The molecule has 5 nitrogen and oxygen atoms in total. The lowest BCUT2D eigenvalue weighted by molar-refractivity contribution is -0.117. The number of amides is 1. The molecule has 1 heterocycles. The maximum absolute atomic E-state index is 12.3. The molecule has 0 radical (unpaired) electrons. The van der Waals surface area contributed by atoms with Gasteiger partial charge in [-0.1, -0.05) is 12.1 Å². The fraction of sp³-hybridized carbons (Fsp3) is 0.286. The molecule has 0 saturated carbocycles. The van der Waals surface area contributed by atoms with Gasteiger partial charge in [0.1, 0.15) is 5.75 Å². The van der Waals surface area contributed by atoms with Crippen molar-refractivity contribution in [3.8, 4) is 5.75 Å². The summed E-state index contributed by atoms with van der Waals surface area (Å²) in [5.74, 6) is 0.305. The third kappa shape index (κ3) is 2.07. The van der Waals surface area contributed by atoms with Crippen molar-refractivity contribution < 1.29 is 9.90 Å². The Morgan fingerprint density at radius 2 is 2.37 bits per heavy atom. The highest BCUT2D eigenvalue weighted by Gasteiger charge is 2.31. The standard InChI is InChI=1S/C14H15N3O2/c1-8-7-12(17-16-8)15-14(19)10-6-5-9-3-2-4-11(18)13(9)10/h2-4,7,10,18H,5-6H2,1H3,(H2,15,16,17,19). The summed E-state index contributed by atoms with van der Waals surface area (Å²) in [5.41, 5.74) is 2.70. The van der Waals surface area contributed by atoms with Gasteiger partial charge in [-0.2, -0.15) is 5.10 Å². The van der Waals surface area contributed by atoms with Crippen LogP contribution in [-0.4, -0.2) is 21.2 Å². The largest absolute Gasteiger partial charge is 0.508 e. The number of hydrogen-bond acceptors (Lipinski definition) is 3. The number of anilines is 1. The number of carbonyl (C=O) groups excluding carboxylic acids is 1. The predicted octanol–water partition coefficient (Wildman–Crippen LogP) is 2.09. The van der Waals surface area contributed by atoms with Gasteiger partial charge in [-0.15, -0.1) is 0 Å². The molecule has 0 aliphatic heterocycles. The van der Waals surface area contributed by atoms with Crippen molar-refractivity contribution >= 4 is 11.7 Å². The van der Waals surface area contributed by atoms with Crippen LogP contribution in [0.4, 0.5) is 5.82 Å². The number of H-pyrrole nitrogens is 1. The van der Waals surface area contributed by atoms with Crippen molar-refractivity contribution in [2.75, 3.05) is 5.32 Å². The van der Waals surface area contributed by atoms with Crippen LogP contribution in [0.1, 0.15) is 29.2 Å². The summed E-state index contributed by atoms with van der Waals surface area (Å²) in [6, 6.07) is 7.17. The number of benzene rings is 1. The van der Waals surface area contributed by atoms with Crippen LogP contribution in [0.2, 0.25) is 0 Å². The molecule has 0 bridgehead atoms. The first-order valence-corrected chi connectivity index (χ1v) is 6.29. The Hall–Kier alpha value is -2.30. The van der Waals surface area contributed by atoms with E-state index in [0.717, 1.165) is 29.7 Å². The number of rotatable bonds is 2. The second-order valence-corrected chi connectivity index (χ2v) is 4.87. The molecule has 2 aromatic rings. The first-order valence-electron chi connectivity index (χ1n) is 6.29. The normalized spacial score (nSPS) is 17.2. The lowest BCUT2D eigenvalue weighted by Crippen LogP contribution is -2.19. The minimum atomic E-state index is -0.298. The van der Waals surface area contributed by atoms with E-state index < -0.39 is 0 Å². The zero-order valence-corrected chi connectivity index (χ0v) is 10.6. The summed E-state index contributed by atoms with van der Waals surface area (Å²) in [5, 5.41) is 19.5. The summed E-state index contributed by atoms with van der Waals surface area (Å²) in [7, 11) is 0. The summed E-state index contributed by atoms with van der Waals surface area (Å²) < 4.78 is 0. The van der Waals surface area contributed by atoms with Gasteiger partial charge in [-0.05, 0) is 31.4 Å². The van der Waals surface area contributed by atoms with Crippen LogP contribution < -0.4 is 5.32 Å². The van der Waals surface area contributed by atoms with E-state index >= 15 is 0 Å². The second-order valence-electron chi connectivity index (χ2n) is 4.87. The fourth-order valence-corrected chi connectivity index (χ4v) is 2.62. The van der Waals surface area contributed by atoms with E-state index in [-0.39, 0.29) is 17.6 Å². The van der Waals surface area contributed by atoms with E-state index in [1.807, 2.05) is 19.1 Å². The Morgan fingerprint density at radius 3 is 3.11 bits per heavy atom. The number of carbonyl (C=O) groups is 1. The molecule has 0 saturated heterocycles. The van der Waals surface area contributed by atoms with Gasteiger partial charge in [0.25, 0.3) is 0 Å². The van der Waals surface area contributed by atoms with Crippen molar-refractivity contribution in [3.05, 3.63) is 41.1 Å². The highest BCUT2D eigenvalue weighted by Crippen LogP contribution is 2.39. The van der Waals surface area contributed by atoms with Crippen molar-refractivity contribution in [1.29, 1.82) is 0 Å². The smallest absolute Gasteiger partial charge is 0.233 e. The van der Waals surface area contributed by atoms with Crippen molar-refractivity contribution in [3.63, 3.8) is 0 Å². The average molecular weight is 257 g/mol. The van der Waals surface area contributed by atoms with E-state index in [0.29, 0.717) is 5.82 Å². The number of aromatic nitrogens is 2. The van der Waals surface area contributed by atoms with E-state index in [1.54, 1.807) is 12.1 Å². The van der Waals surface area contributed by atoms with Crippen LogP contribution in [0.3, 0.4) is 0 Å². The first kappa shape index (κ1) is 11.8. The molecule has 1 aliphatic carbocycles. The quantitative estimate of drug-likeness (QED) is 0.770. The molecule has 3 rings (SSSR count). The molecule has 3 N–H and O–H groups in total. The minimum absolute atomic E-state index is 0.119. The number of nitrogens with zero attached hydrogens (tertiary/aromatic N) is 1. The maximum atomic E-state index is 12.3. The third-order valence-electron chi connectivity index (χ3n) is 3.50. The van der Waals surface area contributed by atoms with Gasteiger partial charge < -0.3 is 10.4 Å². The Kier molecular flexibility index (Phi) is 2.74. The zero-order chi connectivity index (χ0) is 13.4. The monoisotopic (exact) mass is 257 g/mol. The molecule has 0 spiro atoms. The molecule has 1 amide bonds. The molecule has 1 atom stereocenters. The van der Waals surface area contributed by atoms with Gasteiger partial charge in [0, 0.05) is 17.3 Å². The maximum Gasteiger partial charge on any atom is 0.233 e. The van der Waals surface area contributed by atoms with Gasteiger partial charge in [0.15, 0.2) is 5.82 Å². The number of aromatic hydroxyl groups is 1. The van der Waals surface area contributed by atoms with Crippen molar-refractivity contribution in [2.45, 2.75) is 25.7 Å². The highest BCUT2D eigenvalue weighted by atomic mass is 16.3. The summed E-state index contributed by atoms with van der Waals surface area (Å²) >= 11 is 0. The molecule has 0 fully saturated rings. The lowest BCUT2D eigenvalue weighted by atomic mass is 9.99. The van der Waals surface area contributed by atoms with Crippen LogP contribution >= 0.6 is 0 Å². The van der Waals surface area contributed by atoms with E-state index in [1.165, 1.54) is 0 Å². The summed E-state index contributed by atoms with van der Waals surface area (Å²) in [4.78, 5) is 12.3. The van der Waals surface area contributed by atoms with Crippen LogP contribution in [0.25, 0.3) is 0 Å².